The smallest absolute Gasteiger partial charge is 0.263 e. The molecule has 0 heterocycles. The van der Waals surface area contributed by atoms with Gasteiger partial charge in [0.25, 0.3) is 5.91 Å². The number of carbonyl (C=O) groups excluding carboxylic acids is 1. The van der Waals surface area contributed by atoms with Gasteiger partial charge in [0, 0.05) is 19.3 Å². The first-order chi connectivity index (χ1) is 12.6. The van der Waals surface area contributed by atoms with Crippen molar-refractivity contribution in [1.29, 1.82) is 5.26 Å². The maximum Gasteiger partial charge on any atom is 0.263 e. The van der Waals surface area contributed by atoms with Gasteiger partial charge in [0.2, 0.25) is 0 Å². The molecule has 1 unspecified atom stereocenters. The first-order valence-corrected chi connectivity index (χ1v) is 8.50. The fourth-order valence-corrected chi connectivity index (χ4v) is 2.56. The van der Waals surface area contributed by atoms with Crippen LogP contribution in [0.5, 0.6) is 0 Å². The quantitative estimate of drug-likeness (QED) is 0.567. The highest BCUT2D eigenvalue weighted by molar-refractivity contribution is 5.97. The van der Waals surface area contributed by atoms with E-state index in [1.165, 1.54) is 6.20 Å². The maximum atomic E-state index is 12.5. The van der Waals surface area contributed by atoms with Crippen LogP contribution in [-0.4, -0.2) is 29.1 Å². The van der Waals surface area contributed by atoms with E-state index in [1.54, 1.807) is 4.90 Å². The van der Waals surface area contributed by atoms with Crippen molar-refractivity contribution in [3.63, 3.8) is 0 Å². The van der Waals surface area contributed by atoms with Crippen molar-refractivity contribution >= 4 is 5.91 Å². The monoisotopic (exact) mass is 349 g/mol. The molecule has 0 aliphatic heterocycles. The van der Waals surface area contributed by atoms with Crippen LogP contribution in [0.3, 0.4) is 0 Å². The number of aliphatic hydroxyl groups is 1. The Morgan fingerprint density at radius 2 is 1.81 bits per heavy atom. The summed E-state index contributed by atoms with van der Waals surface area (Å²) in [4.78, 5) is 14.2. The van der Waals surface area contributed by atoms with Crippen LogP contribution < -0.4 is 5.32 Å². The van der Waals surface area contributed by atoms with Crippen molar-refractivity contribution in [3.05, 3.63) is 83.6 Å². The number of rotatable bonds is 8. The molecule has 5 heteroatoms. The highest BCUT2D eigenvalue weighted by atomic mass is 16.3. The van der Waals surface area contributed by atoms with E-state index in [1.807, 2.05) is 73.7 Å². The molecule has 5 nitrogen and oxygen atoms in total. The number of aliphatic hydroxyl groups excluding tert-OH is 1. The predicted octanol–water partition coefficient (Wildman–Crippen LogP) is 2.77. The Morgan fingerprint density at radius 3 is 2.38 bits per heavy atom. The summed E-state index contributed by atoms with van der Waals surface area (Å²) in [5.74, 6) is -0.431. The molecule has 2 aromatic rings. The van der Waals surface area contributed by atoms with E-state index in [-0.39, 0.29) is 18.2 Å². The molecular formula is C21H23N3O2. The second kappa shape index (κ2) is 10.0. The fourth-order valence-electron chi connectivity index (χ4n) is 2.56. The molecule has 2 N–H and O–H groups in total. The summed E-state index contributed by atoms with van der Waals surface area (Å²) >= 11 is 0. The Morgan fingerprint density at radius 1 is 1.19 bits per heavy atom. The molecule has 0 bridgehead atoms. The normalized spacial score (nSPS) is 12.1. The average molecular weight is 349 g/mol. The lowest BCUT2D eigenvalue weighted by molar-refractivity contribution is -0.117. The van der Waals surface area contributed by atoms with E-state index in [9.17, 15) is 15.2 Å². The van der Waals surface area contributed by atoms with Gasteiger partial charge in [0.05, 0.1) is 12.6 Å². The number of nitrogens with one attached hydrogen (secondary N) is 1. The van der Waals surface area contributed by atoms with Crippen molar-refractivity contribution in [3.8, 4) is 6.07 Å². The predicted molar refractivity (Wildman–Crippen MR) is 101 cm³/mol. The van der Waals surface area contributed by atoms with Crippen LogP contribution in [0.1, 0.15) is 24.1 Å². The summed E-state index contributed by atoms with van der Waals surface area (Å²) in [6, 6.07) is 21.0. The topological polar surface area (TPSA) is 76.4 Å². The number of carbonyl (C=O) groups is 1. The molecule has 0 saturated heterocycles. The minimum atomic E-state index is -0.431. The molecule has 1 atom stereocenters. The fraction of sp³-hybridized carbons (Fsp3) is 0.238. The van der Waals surface area contributed by atoms with Crippen LogP contribution in [0, 0.1) is 11.3 Å². The number of nitrogens with zero attached hydrogens (tertiary/aromatic N) is 2. The molecule has 0 aliphatic rings. The largest absolute Gasteiger partial charge is 0.395 e. The number of hydrogen-bond donors (Lipinski definition) is 2. The molecule has 0 saturated carbocycles. The molecule has 0 aliphatic carbocycles. The van der Waals surface area contributed by atoms with Gasteiger partial charge in [-0.15, -0.1) is 0 Å². The van der Waals surface area contributed by atoms with Crippen molar-refractivity contribution < 1.29 is 9.90 Å². The minimum Gasteiger partial charge on any atom is -0.395 e. The Hall–Kier alpha value is -3.10. The number of nitriles is 1. The molecule has 2 aromatic carbocycles. The van der Waals surface area contributed by atoms with Crippen molar-refractivity contribution in [2.45, 2.75) is 19.5 Å². The van der Waals surface area contributed by atoms with Crippen molar-refractivity contribution in [2.75, 3.05) is 13.2 Å². The summed E-state index contributed by atoms with van der Waals surface area (Å²) < 4.78 is 0. The van der Waals surface area contributed by atoms with Gasteiger partial charge in [-0.25, -0.2) is 0 Å². The second-order valence-corrected chi connectivity index (χ2v) is 5.94. The highest BCUT2D eigenvalue weighted by Gasteiger charge is 2.15. The third-order valence-electron chi connectivity index (χ3n) is 3.94. The summed E-state index contributed by atoms with van der Waals surface area (Å²) in [6.07, 6.45) is 1.51. The van der Waals surface area contributed by atoms with Crippen molar-refractivity contribution in [1.82, 2.24) is 10.2 Å². The first-order valence-electron chi connectivity index (χ1n) is 8.50. The van der Waals surface area contributed by atoms with Gasteiger partial charge < -0.3 is 15.3 Å². The summed E-state index contributed by atoms with van der Waals surface area (Å²) in [5, 5.41) is 21.5. The minimum absolute atomic E-state index is 0.0113. The third-order valence-corrected chi connectivity index (χ3v) is 3.94. The average Bonchev–Trinajstić information content (AvgIpc) is 2.67. The van der Waals surface area contributed by atoms with E-state index in [2.05, 4.69) is 5.32 Å². The van der Waals surface area contributed by atoms with Crippen LogP contribution in [-0.2, 0) is 11.3 Å². The van der Waals surface area contributed by atoms with E-state index in [0.29, 0.717) is 13.1 Å². The summed E-state index contributed by atoms with van der Waals surface area (Å²) in [6.45, 7) is 2.65. The first kappa shape index (κ1) is 19.2. The van der Waals surface area contributed by atoms with Gasteiger partial charge in [-0.2, -0.15) is 5.26 Å². The van der Waals surface area contributed by atoms with E-state index >= 15 is 0 Å². The zero-order valence-electron chi connectivity index (χ0n) is 14.8. The molecule has 26 heavy (non-hydrogen) atoms. The lowest BCUT2D eigenvalue weighted by Crippen LogP contribution is -2.29. The summed E-state index contributed by atoms with van der Waals surface area (Å²) in [5.41, 5.74) is 2.01. The molecule has 0 spiro atoms. The Kier molecular flexibility index (Phi) is 7.41. The lowest BCUT2D eigenvalue weighted by Gasteiger charge is -2.20. The molecule has 0 radical (unpaired) electrons. The summed E-state index contributed by atoms with van der Waals surface area (Å²) in [7, 11) is 0. The standard InChI is InChI=1S/C21H23N3O2/c1-17(19-10-6-3-7-11-19)23-21(26)20(14-22)16-24(12-13-25)15-18-8-4-2-5-9-18/h2-11,16-17,25H,12-13,15H2,1H3,(H,23,26)/b20-16-. The van der Waals surface area contributed by atoms with Crippen LogP contribution in [0.25, 0.3) is 0 Å². The van der Waals surface area contributed by atoms with Gasteiger partial charge in [0.15, 0.2) is 0 Å². The molecule has 134 valence electrons. The van der Waals surface area contributed by atoms with Crippen molar-refractivity contribution in [2.24, 2.45) is 0 Å². The number of amides is 1. The third kappa shape index (κ3) is 5.76. The number of hydrogen-bond acceptors (Lipinski definition) is 4. The molecule has 0 aromatic heterocycles. The highest BCUT2D eigenvalue weighted by Crippen LogP contribution is 2.13. The SMILES string of the molecule is CC(NC(=O)/C(C#N)=C\N(CCO)Cc1ccccc1)c1ccccc1. The zero-order valence-corrected chi connectivity index (χ0v) is 14.8. The van der Waals surface area contributed by atoms with Crippen LogP contribution in [0.15, 0.2) is 72.4 Å². The lowest BCUT2D eigenvalue weighted by atomic mass is 10.1. The number of benzene rings is 2. The maximum absolute atomic E-state index is 12.5. The van der Waals surface area contributed by atoms with Gasteiger partial charge in [-0.05, 0) is 18.1 Å². The van der Waals surface area contributed by atoms with Crippen LogP contribution in [0.4, 0.5) is 0 Å². The molecular weight excluding hydrogens is 326 g/mol. The Balaban J connectivity index is 2.10. The Bertz CT molecular complexity index is 767. The molecule has 0 fully saturated rings. The molecule has 1 amide bonds. The van der Waals surface area contributed by atoms with Gasteiger partial charge in [-0.1, -0.05) is 60.7 Å². The molecule has 2 rings (SSSR count). The van der Waals surface area contributed by atoms with Gasteiger partial charge in [0.1, 0.15) is 11.6 Å². The van der Waals surface area contributed by atoms with Gasteiger partial charge in [-0.3, -0.25) is 4.79 Å². The van der Waals surface area contributed by atoms with E-state index in [0.717, 1.165) is 11.1 Å². The second-order valence-electron chi connectivity index (χ2n) is 5.94. The Labute approximate surface area is 154 Å². The van der Waals surface area contributed by atoms with Crippen LogP contribution in [0.2, 0.25) is 0 Å². The van der Waals surface area contributed by atoms with E-state index in [4.69, 9.17) is 0 Å². The zero-order chi connectivity index (χ0) is 18.8. The van der Waals surface area contributed by atoms with Crippen LogP contribution >= 0.6 is 0 Å². The van der Waals surface area contributed by atoms with Gasteiger partial charge >= 0.3 is 0 Å². The van der Waals surface area contributed by atoms with E-state index < -0.39 is 5.91 Å².